The number of pyridine rings is 1. The molecular weight excluding hydrogens is 298 g/mol. The molecule has 2 aromatic carbocycles. The Bertz CT molecular complexity index is 1060. The number of aromatic hydroxyl groups is 1. The van der Waals surface area contributed by atoms with Gasteiger partial charge in [-0.25, -0.2) is 0 Å². The van der Waals surface area contributed by atoms with Crippen molar-refractivity contribution in [3.63, 3.8) is 0 Å². The van der Waals surface area contributed by atoms with E-state index in [-0.39, 0.29) is 5.75 Å². The molecule has 0 bridgehead atoms. The summed E-state index contributed by atoms with van der Waals surface area (Å²) in [6, 6.07) is 20.9. The molecule has 0 aliphatic carbocycles. The molecule has 1 N–H and O–H groups in total. The zero-order chi connectivity index (χ0) is 16.5. The van der Waals surface area contributed by atoms with Gasteiger partial charge in [0.25, 0.3) is 0 Å². The van der Waals surface area contributed by atoms with Crippen LogP contribution in [0.2, 0.25) is 0 Å². The smallest absolute Gasteiger partial charge is 0.115 e. The number of aromatic nitrogens is 2. The number of benzene rings is 2. The van der Waals surface area contributed by atoms with Crippen molar-refractivity contribution in [1.82, 2.24) is 9.55 Å². The molecule has 0 saturated heterocycles. The summed E-state index contributed by atoms with van der Waals surface area (Å²) in [7, 11) is 0. The van der Waals surface area contributed by atoms with Crippen LogP contribution >= 0.6 is 0 Å². The van der Waals surface area contributed by atoms with Crippen LogP contribution in [0.4, 0.5) is 0 Å². The molecule has 0 saturated carbocycles. The molecule has 0 spiro atoms. The minimum atomic E-state index is 0.209. The minimum absolute atomic E-state index is 0.209. The Labute approximate surface area is 138 Å². The molecule has 4 heteroatoms. The van der Waals surface area contributed by atoms with Crippen molar-refractivity contribution in [3.05, 3.63) is 78.6 Å². The molecular formula is C20H13N3O. The zero-order valence-corrected chi connectivity index (χ0v) is 12.7. The molecule has 24 heavy (non-hydrogen) atoms. The third kappa shape index (κ3) is 2.11. The van der Waals surface area contributed by atoms with Crippen molar-refractivity contribution in [1.29, 1.82) is 5.26 Å². The molecule has 0 unspecified atom stereocenters. The van der Waals surface area contributed by atoms with E-state index in [1.807, 2.05) is 53.1 Å². The lowest BCUT2D eigenvalue weighted by Crippen LogP contribution is -1.97. The van der Waals surface area contributed by atoms with Crippen LogP contribution in [0.3, 0.4) is 0 Å². The first kappa shape index (κ1) is 14.0. The molecule has 114 valence electrons. The van der Waals surface area contributed by atoms with E-state index >= 15 is 0 Å². The molecule has 4 nitrogen and oxygen atoms in total. The van der Waals surface area contributed by atoms with Gasteiger partial charge in [0.05, 0.1) is 16.8 Å². The first-order valence-electron chi connectivity index (χ1n) is 7.53. The summed E-state index contributed by atoms with van der Waals surface area (Å²) in [5.74, 6) is 0.209. The van der Waals surface area contributed by atoms with Crippen LogP contribution in [0, 0.1) is 11.3 Å². The number of nitrogens with zero attached hydrogens (tertiary/aromatic N) is 3. The highest BCUT2D eigenvalue weighted by atomic mass is 16.3. The van der Waals surface area contributed by atoms with Crippen LogP contribution in [0.15, 0.2) is 73.1 Å². The van der Waals surface area contributed by atoms with Crippen molar-refractivity contribution in [3.8, 4) is 28.8 Å². The van der Waals surface area contributed by atoms with Crippen molar-refractivity contribution in [2.45, 2.75) is 0 Å². The fourth-order valence-corrected chi connectivity index (χ4v) is 3.01. The molecule has 2 aromatic heterocycles. The lowest BCUT2D eigenvalue weighted by molar-refractivity contribution is 0.475. The van der Waals surface area contributed by atoms with Gasteiger partial charge in [-0.3, -0.25) is 4.98 Å². The van der Waals surface area contributed by atoms with Crippen LogP contribution in [0.5, 0.6) is 5.75 Å². The van der Waals surface area contributed by atoms with E-state index in [0.717, 1.165) is 27.8 Å². The summed E-state index contributed by atoms with van der Waals surface area (Å²) < 4.78 is 2.04. The highest BCUT2D eigenvalue weighted by Gasteiger charge is 2.19. The Morgan fingerprint density at radius 3 is 2.33 bits per heavy atom. The fourth-order valence-electron chi connectivity index (χ4n) is 3.01. The van der Waals surface area contributed by atoms with Gasteiger partial charge in [0, 0.05) is 29.0 Å². The van der Waals surface area contributed by atoms with Gasteiger partial charge >= 0.3 is 0 Å². The van der Waals surface area contributed by atoms with Crippen molar-refractivity contribution in [2.24, 2.45) is 0 Å². The molecule has 4 aromatic rings. The van der Waals surface area contributed by atoms with E-state index < -0.39 is 0 Å². The Morgan fingerprint density at radius 2 is 1.62 bits per heavy atom. The van der Waals surface area contributed by atoms with E-state index in [9.17, 15) is 10.4 Å². The van der Waals surface area contributed by atoms with Crippen LogP contribution < -0.4 is 0 Å². The van der Waals surface area contributed by atoms with E-state index in [1.165, 1.54) is 0 Å². The van der Waals surface area contributed by atoms with Gasteiger partial charge in [-0.05, 0) is 42.5 Å². The van der Waals surface area contributed by atoms with Crippen LogP contribution in [0.1, 0.15) is 5.56 Å². The maximum atomic E-state index is 9.76. The van der Waals surface area contributed by atoms with Crippen molar-refractivity contribution >= 4 is 10.9 Å². The second-order valence-electron chi connectivity index (χ2n) is 5.44. The number of hydrogen-bond donors (Lipinski definition) is 1. The molecule has 4 rings (SSSR count). The van der Waals surface area contributed by atoms with Gasteiger partial charge in [-0.1, -0.05) is 18.2 Å². The Hall–Kier alpha value is -3.58. The number of para-hydroxylation sites is 1. The number of hydrogen-bond acceptors (Lipinski definition) is 3. The summed E-state index contributed by atoms with van der Waals surface area (Å²) in [5, 5.41) is 20.3. The summed E-state index contributed by atoms with van der Waals surface area (Å²) in [5.41, 5.74) is 4.21. The predicted octanol–water partition coefficient (Wildman–Crippen LogP) is 4.27. The minimum Gasteiger partial charge on any atom is -0.508 e. The third-order valence-corrected chi connectivity index (χ3v) is 4.05. The first-order valence-corrected chi connectivity index (χ1v) is 7.53. The summed E-state index contributed by atoms with van der Waals surface area (Å²) in [6.45, 7) is 0. The highest BCUT2D eigenvalue weighted by Crippen LogP contribution is 2.36. The maximum Gasteiger partial charge on any atom is 0.115 e. The van der Waals surface area contributed by atoms with Crippen LogP contribution in [-0.4, -0.2) is 14.7 Å². The van der Waals surface area contributed by atoms with E-state index in [4.69, 9.17) is 0 Å². The predicted molar refractivity (Wildman–Crippen MR) is 92.9 cm³/mol. The number of phenolic OH excluding ortho intramolecular Hbond substituents is 1. The number of nitriles is 1. The highest BCUT2D eigenvalue weighted by molar-refractivity contribution is 5.96. The first-order chi connectivity index (χ1) is 11.8. The van der Waals surface area contributed by atoms with Gasteiger partial charge in [-0.2, -0.15) is 5.26 Å². The zero-order valence-electron chi connectivity index (χ0n) is 12.7. The summed E-state index contributed by atoms with van der Waals surface area (Å²) in [4.78, 5) is 4.07. The molecule has 0 aliphatic heterocycles. The van der Waals surface area contributed by atoms with Crippen molar-refractivity contribution in [2.75, 3.05) is 0 Å². The lowest BCUT2D eigenvalue weighted by Gasteiger charge is -2.11. The quantitative estimate of drug-likeness (QED) is 0.601. The summed E-state index contributed by atoms with van der Waals surface area (Å²) in [6.07, 6.45) is 3.44. The fraction of sp³-hybridized carbons (Fsp3) is 0. The monoisotopic (exact) mass is 311 g/mol. The SMILES string of the molecule is N#Cc1c(-c2ccncc2)n(-c2ccc(O)cc2)c2ccccc12. The maximum absolute atomic E-state index is 9.76. The van der Waals surface area contributed by atoms with Gasteiger partial charge in [0.2, 0.25) is 0 Å². The van der Waals surface area contributed by atoms with Crippen molar-refractivity contribution < 1.29 is 5.11 Å². The molecule has 0 aliphatic rings. The Morgan fingerprint density at radius 1 is 0.917 bits per heavy atom. The molecule has 0 fully saturated rings. The number of phenols is 1. The van der Waals surface area contributed by atoms with Crippen LogP contribution in [-0.2, 0) is 0 Å². The second-order valence-corrected chi connectivity index (χ2v) is 5.44. The standard InChI is InChI=1S/C20H13N3O/c21-13-18-17-3-1-2-4-19(17)23(15-5-7-16(24)8-6-15)20(18)14-9-11-22-12-10-14/h1-12,24H. The van der Waals surface area contributed by atoms with Crippen LogP contribution in [0.25, 0.3) is 27.8 Å². The van der Waals surface area contributed by atoms with Gasteiger partial charge < -0.3 is 9.67 Å². The average Bonchev–Trinajstić information content (AvgIpc) is 2.97. The van der Waals surface area contributed by atoms with E-state index in [1.54, 1.807) is 24.5 Å². The molecule has 0 radical (unpaired) electrons. The van der Waals surface area contributed by atoms with E-state index in [0.29, 0.717) is 5.56 Å². The topological polar surface area (TPSA) is 61.8 Å². The summed E-state index contributed by atoms with van der Waals surface area (Å²) >= 11 is 0. The normalized spacial score (nSPS) is 10.6. The van der Waals surface area contributed by atoms with Gasteiger partial charge in [0.15, 0.2) is 0 Å². The van der Waals surface area contributed by atoms with E-state index in [2.05, 4.69) is 11.1 Å². The third-order valence-electron chi connectivity index (χ3n) is 4.05. The average molecular weight is 311 g/mol. The molecule has 2 heterocycles. The van der Waals surface area contributed by atoms with Gasteiger partial charge in [-0.15, -0.1) is 0 Å². The Kier molecular flexibility index (Phi) is 3.25. The molecule has 0 amide bonds. The second kappa shape index (κ2) is 5.56. The number of rotatable bonds is 2. The molecule has 0 atom stereocenters. The number of fused-ring (bicyclic) bond motifs is 1. The largest absolute Gasteiger partial charge is 0.508 e. The lowest BCUT2D eigenvalue weighted by atomic mass is 10.1. The van der Waals surface area contributed by atoms with Gasteiger partial charge in [0.1, 0.15) is 11.8 Å². The Balaban J connectivity index is 2.15.